The summed E-state index contributed by atoms with van der Waals surface area (Å²) in [6.45, 7) is 7.35. The van der Waals surface area contributed by atoms with E-state index in [4.69, 9.17) is 0 Å². The maximum absolute atomic E-state index is 2.63. The van der Waals surface area contributed by atoms with Crippen molar-refractivity contribution in [1.82, 2.24) is 0 Å². The minimum Gasteiger partial charge on any atom is -0.0836 e. The van der Waals surface area contributed by atoms with Crippen molar-refractivity contribution in [2.75, 3.05) is 0 Å². The fraction of sp³-hybridized carbons (Fsp3) is 0.0769. The first-order valence-corrected chi connectivity index (χ1v) is 26.5. The highest BCUT2D eigenvalue weighted by molar-refractivity contribution is 7.04. The van der Waals surface area contributed by atoms with Crippen molar-refractivity contribution in [3.8, 4) is 66.8 Å². The number of aryl methyl sites for hydroxylation is 2. The summed E-state index contributed by atoms with van der Waals surface area (Å²) in [4.78, 5) is 0. The lowest BCUT2D eigenvalue weighted by Gasteiger charge is -2.23. The number of benzene rings is 11. The Morgan fingerprint density at radius 2 is 0.955 bits per heavy atom. The van der Waals surface area contributed by atoms with E-state index in [1.807, 2.05) is 0 Å². The van der Waals surface area contributed by atoms with Crippen molar-refractivity contribution in [2.45, 2.75) is 32.9 Å². The summed E-state index contributed by atoms with van der Waals surface area (Å²) in [6.07, 6.45) is 6.77. The normalized spacial score (nSPS) is 13.6. The van der Waals surface area contributed by atoms with Gasteiger partial charge in [-0.25, -0.2) is 0 Å². The van der Waals surface area contributed by atoms with Gasteiger partial charge in [-0.2, -0.15) is 0 Å². The molecular formula is C65H48Si. The third kappa shape index (κ3) is 6.18. The van der Waals surface area contributed by atoms with Crippen molar-refractivity contribution >= 4 is 67.6 Å². The molecule has 1 aliphatic heterocycles. The van der Waals surface area contributed by atoms with Crippen molar-refractivity contribution in [3.63, 3.8) is 0 Å². The van der Waals surface area contributed by atoms with Gasteiger partial charge in [0.05, 0.1) is 0 Å². The van der Waals surface area contributed by atoms with Gasteiger partial charge in [-0.3, -0.25) is 0 Å². The van der Waals surface area contributed by atoms with Gasteiger partial charge in [-0.1, -0.05) is 189 Å². The first-order chi connectivity index (χ1) is 32.4. The lowest BCUT2D eigenvalue weighted by Crippen LogP contribution is -2.49. The van der Waals surface area contributed by atoms with Crippen LogP contribution in [0.2, 0.25) is 13.1 Å². The molecule has 0 saturated carbocycles. The topological polar surface area (TPSA) is 0 Å². The standard InChI is InChI=1S/C65H48Si/c1-41-23-24-54(38-57(41)52-30-27-44-15-6-9-18-47(44)35-52)64-56-32-31-51(50-29-26-43-14-5-8-17-46(43)34-50)37-59(56)65(53-20-12-19-48(36-53)49-28-25-42-13-4-7-16-45(42)33-49)61-40-63-58(39-60(61)64)55-21-10-11-22-62(55)66(63,2)3/h4-6,8-15,17-40H,7,16H2,1-3H3. The number of hydrogen-bond acceptors (Lipinski definition) is 0. The van der Waals surface area contributed by atoms with E-state index in [1.54, 1.807) is 0 Å². The minimum atomic E-state index is -2.04. The Labute approximate surface area is 388 Å². The molecule has 1 heteroatoms. The van der Waals surface area contributed by atoms with E-state index in [0.29, 0.717) is 0 Å². The molecule has 0 nitrogen and oxygen atoms in total. The Morgan fingerprint density at radius 3 is 1.79 bits per heavy atom. The number of rotatable bonds is 5. The highest BCUT2D eigenvalue weighted by Crippen LogP contribution is 2.48. The lowest BCUT2D eigenvalue weighted by atomic mass is 9.82. The van der Waals surface area contributed by atoms with Gasteiger partial charge in [0, 0.05) is 0 Å². The summed E-state index contributed by atoms with van der Waals surface area (Å²) in [5.41, 5.74) is 19.4. The smallest absolute Gasteiger partial charge is 0.0836 e. The molecule has 1 heterocycles. The molecule has 66 heavy (non-hydrogen) atoms. The quantitative estimate of drug-likeness (QED) is 0.119. The summed E-state index contributed by atoms with van der Waals surface area (Å²) in [6, 6.07) is 76.6. The molecule has 0 bridgehead atoms. The number of allylic oxidation sites excluding steroid dienone is 1. The van der Waals surface area contributed by atoms with Gasteiger partial charge in [-0.15, -0.1) is 0 Å². The van der Waals surface area contributed by atoms with Crippen LogP contribution in [0, 0.1) is 6.92 Å². The van der Waals surface area contributed by atoms with E-state index in [9.17, 15) is 0 Å². The molecule has 0 saturated heterocycles. The van der Waals surface area contributed by atoms with E-state index in [-0.39, 0.29) is 0 Å². The Hall–Kier alpha value is -7.58. The minimum absolute atomic E-state index is 1.09. The Morgan fingerprint density at radius 1 is 0.364 bits per heavy atom. The summed E-state index contributed by atoms with van der Waals surface area (Å²) in [5.74, 6) is 0. The molecule has 0 amide bonds. The van der Waals surface area contributed by atoms with E-state index in [2.05, 4.69) is 232 Å². The van der Waals surface area contributed by atoms with Crippen LogP contribution >= 0.6 is 0 Å². The van der Waals surface area contributed by atoms with E-state index < -0.39 is 8.07 Å². The van der Waals surface area contributed by atoms with Crippen molar-refractivity contribution in [2.24, 2.45) is 0 Å². The van der Waals surface area contributed by atoms with Crippen LogP contribution in [0.15, 0.2) is 206 Å². The van der Waals surface area contributed by atoms with Gasteiger partial charge in [0.2, 0.25) is 0 Å². The second kappa shape index (κ2) is 15.0. The zero-order valence-corrected chi connectivity index (χ0v) is 38.6. The molecule has 2 aliphatic rings. The average molecular weight is 857 g/mol. The van der Waals surface area contributed by atoms with Gasteiger partial charge >= 0.3 is 0 Å². The molecule has 0 spiro atoms. The summed E-state index contributed by atoms with van der Waals surface area (Å²) < 4.78 is 0. The van der Waals surface area contributed by atoms with Crippen molar-refractivity contribution < 1.29 is 0 Å². The second-order valence-corrected chi connectivity index (χ2v) is 23.5. The van der Waals surface area contributed by atoms with E-state index in [1.165, 1.54) is 137 Å². The van der Waals surface area contributed by atoms with Crippen LogP contribution in [0.25, 0.3) is 116 Å². The van der Waals surface area contributed by atoms with E-state index in [0.717, 1.165) is 12.8 Å². The van der Waals surface area contributed by atoms with Crippen LogP contribution in [0.4, 0.5) is 0 Å². The molecule has 11 aromatic carbocycles. The van der Waals surface area contributed by atoms with Crippen LogP contribution < -0.4 is 10.4 Å². The van der Waals surface area contributed by atoms with Gasteiger partial charge in [0.15, 0.2) is 0 Å². The third-order valence-corrected chi connectivity index (χ3v) is 18.5. The van der Waals surface area contributed by atoms with Crippen LogP contribution in [-0.2, 0) is 6.42 Å². The maximum Gasteiger partial charge on any atom is 0.113 e. The van der Waals surface area contributed by atoms with E-state index >= 15 is 0 Å². The molecule has 13 rings (SSSR count). The molecule has 0 atom stereocenters. The molecular weight excluding hydrogens is 809 g/mol. The molecule has 0 aromatic heterocycles. The molecule has 0 fully saturated rings. The van der Waals surface area contributed by atoms with Crippen LogP contribution in [0.1, 0.15) is 23.1 Å². The number of hydrogen-bond donors (Lipinski definition) is 0. The number of fused-ring (bicyclic) bond motifs is 8. The monoisotopic (exact) mass is 856 g/mol. The van der Waals surface area contributed by atoms with Crippen molar-refractivity contribution in [1.29, 1.82) is 0 Å². The molecule has 0 unspecified atom stereocenters. The van der Waals surface area contributed by atoms with Crippen LogP contribution in [0.3, 0.4) is 0 Å². The molecule has 1 aliphatic carbocycles. The van der Waals surface area contributed by atoms with Gasteiger partial charge in [0.1, 0.15) is 8.07 Å². The van der Waals surface area contributed by atoms with Crippen LogP contribution in [0.5, 0.6) is 0 Å². The first-order valence-electron chi connectivity index (χ1n) is 23.5. The highest BCUT2D eigenvalue weighted by Gasteiger charge is 2.38. The Kier molecular flexibility index (Phi) is 8.82. The molecule has 11 aromatic rings. The predicted molar refractivity (Wildman–Crippen MR) is 288 cm³/mol. The lowest BCUT2D eigenvalue weighted by molar-refractivity contribution is 0.986. The Balaban J connectivity index is 1.13. The average Bonchev–Trinajstić information content (AvgIpc) is 3.59. The maximum atomic E-state index is 2.63. The fourth-order valence-electron chi connectivity index (χ4n) is 11.5. The largest absolute Gasteiger partial charge is 0.113 e. The zero-order valence-electron chi connectivity index (χ0n) is 37.6. The summed E-state index contributed by atoms with van der Waals surface area (Å²) >= 11 is 0. The SMILES string of the molecule is Cc1ccc(-c2c3ccc(-c4ccc5ccccc5c4)cc3c(-c3cccc(-c4ccc5c(c4)CCC=C5)c3)c3cc4c(cc23)-c2ccccc2[Si]4(C)C)cc1-c1ccc2ccccc2c1. The summed E-state index contributed by atoms with van der Waals surface area (Å²) in [7, 11) is -2.04. The van der Waals surface area contributed by atoms with Crippen molar-refractivity contribution in [3.05, 3.63) is 223 Å². The first kappa shape index (κ1) is 38.8. The molecule has 0 radical (unpaired) electrons. The molecule has 312 valence electrons. The highest BCUT2D eigenvalue weighted by atomic mass is 28.3. The fourth-order valence-corrected chi connectivity index (χ4v) is 14.6. The van der Waals surface area contributed by atoms with Crippen LogP contribution in [-0.4, -0.2) is 8.07 Å². The predicted octanol–water partition coefficient (Wildman–Crippen LogP) is 16.7. The zero-order chi connectivity index (χ0) is 44.1. The third-order valence-electron chi connectivity index (χ3n) is 15.0. The van der Waals surface area contributed by atoms with Gasteiger partial charge in [-0.05, 0) is 193 Å². The molecule has 0 N–H and O–H groups in total. The second-order valence-electron chi connectivity index (χ2n) is 19.2. The van der Waals surface area contributed by atoms with Gasteiger partial charge < -0.3 is 0 Å². The van der Waals surface area contributed by atoms with Gasteiger partial charge in [0.25, 0.3) is 0 Å². The summed E-state index contributed by atoms with van der Waals surface area (Å²) in [5, 5.41) is 13.3. The Bertz CT molecular complexity index is 3860.